The van der Waals surface area contributed by atoms with Crippen molar-refractivity contribution in [1.29, 1.82) is 0 Å². The molecular formula is C20H22BrNO2. The minimum Gasteiger partial charge on any atom is -0.494 e. The second-order valence-corrected chi connectivity index (χ2v) is 6.95. The van der Waals surface area contributed by atoms with Gasteiger partial charge in [0.05, 0.1) is 12.5 Å². The van der Waals surface area contributed by atoms with E-state index in [0.717, 1.165) is 40.1 Å². The van der Waals surface area contributed by atoms with Crippen molar-refractivity contribution in [3.8, 4) is 5.75 Å². The SMILES string of the molecule is CCCOc1ccc(C[C@@H]2C(=O)N(CC)c3ccc(Br)cc32)cc1. The molecule has 3 nitrogen and oxygen atoms in total. The lowest BCUT2D eigenvalue weighted by Crippen LogP contribution is -2.29. The second kappa shape index (κ2) is 7.39. The van der Waals surface area contributed by atoms with Gasteiger partial charge in [-0.15, -0.1) is 0 Å². The van der Waals surface area contributed by atoms with Crippen LogP contribution in [0.2, 0.25) is 0 Å². The van der Waals surface area contributed by atoms with Gasteiger partial charge in [-0.1, -0.05) is 35.0 Å². The van der Waals surface area contributed by atoms with Gasteiger partial charge in [0.2, 0.25) is 5.91 Å². The Hall–Kier alpha value is -1.81. The molecule has 126 valence electrons. The Morgan fingerprint density at radius 1 is 1.12 bits per heavy atom. The third-order valence-electron chi connectivity index (χ3n) is 4.37. The van der Waals surface area contributed by atoms with Crippen molar-refractivity contribution in [2.24, 2.45) is 0 Å². The average Bonchev–Trinajstić information content (AvgIpc) is 2.85. The van der Waals surface area contributed by atoms with Crippen LogP contribution in [0.1, 0.15) is 37.3 Å². The fourth-order valence-electron chi connectivity index (χ4n) is 3.19. The maximum atomic E-state index is 12.8. The Labute approximate surface area is 151 Å². The van der Waals surface area contributed by atoms with Gasteiger partial charge in [-0.2, -0.15) is 0 Å². The first-order valence-electron chi connectivity index (χ1n) is 8.46. The number of carbonyl (C=O) groups excluding carboxylic acids is 1. The van der Waals surface area contributed by atoms with Crippen LogP contribution in [-0.2, 0) is 11.2 Å². The van der Waals surface area contributed by atoms with Crippen molar-refractivity contribution >= 4 is 27.5 Å². The van der Waals surface area contributed by atoms with Crippen molar-refractivity contribution in [2.75, 3.05) is 18.1 Å². The van der Waals surface area contributed by atoms with Crippen molar-refractivity contribution in [3.63, 3.8) is 0 Å². The minimum absolute atomic E-state index is 0.111. The summed E-state index contributed by atoms with van der Waals surface area (Å²) in [5, 5.41) is 0. The minimum atomic E-state index is -0.111. The standard InChI is InChI=1S/C20H22BrNO2/c1-3-11-24-16-8-5-14(6-9-16)12-18-17-13-15(21)7-10-19(17)22(4-2)20(18)23/h5-10,13,18H,3-4,11-12H2,1-2H3/t18-/m0/s1. The van der Waals surface area contributed by atoms with Crippen molar-refractivity contribution in [3.05, 3.63) is 58.1 Å². The summed E-state index contributed by atoms with van der Waals surface area (Å²) < 4.78 is 6.64. The van der Waals surface area contributed by atoms with Crippen LogP contribution >= 0.6 is 15.9 Å². The molecule has 0 bridgehead atoms. The number of anilines is 1. The summed E-state index contributed by atoms with van der Waals surface area (Å²) in [5.41, 5.74) is 3.31. The summed E-state index contributed by atoms with van der Waals surface area (Å²) in [5.74, 6) is 0.966. The molecule has 2 aromatic rings. The third kappa shape index (κ3) is 3.34. The molecule has 0 spiro atoms. The fraction of sp³-hybridized carbons (Fsp3) is 0.350. The highest BCUT2D eigenvalue weighted by molar-refractivity contribution is 9.10. The zero-order valence-electron chi connectivity index (χ0n) is 14.1. The fourth-order valence-corrected chi connectivity index (χ4v) is 3.57. The monoisotopic (exact) mass is 387 g/mol. The van der Waals surface area contributed by atoms with Crippen LogP contribution in [0.25, 0.3) is 0 Å². The van der Waals surface area contributed by atoms with Crippen LogP contribution in [-0.4, -0.2) is 19.1 Å². The first-order chi connectivity index (χ1) is 11.6. The van der Waals surface area contributed by atoms with E-state index in [1.807, 2.05) is 36.1 Å². The zero-order valence-corrected chi connectivity index (χ0v) is 15.7. The summed E-state index contributed by atoms with van der Waals surface area (Å²) in [6.45, 7) is 5.54. The molecule has 2 aromatic carbocycles. The van der Waals surface area contributed by atoms with E-state index in [1.165, 1.54) is 0 Å². The Bertz CT molecular complexity index is 727. The lowest BCUT2D eigenvalue weighted by Gasteiger charge is -2.15. The number of rotatable bonds is 6. The maximum Gasteiger partial charge on any atom is 0.234 e. The predicted octanol–water partition coefficient (Wildman–Crippen LogP) is 4.93. The molecular weight excluding hydrogens is 366 g/mol. The lowest BCUT2D eigenvalue weighted by atomic mass is 9.93. The van der Waals surface area contributed by atoms with Crippen LogP contribution in [0.5, 0.6) is 5.75 Å². The van der Waals surface area contributed by atoms with E-state index in [2.05, 4.69) is 41.1 Å². The molecule has 3 rings (SSSR count). The Kier molecular flexibility index (Phi) is 5.24. The van der Waals surface area contributed by atoms with Gasteiger partial charge in [-0.25, -0.2) is 0 Å². The third-order valence-corrected chi connectivity index (χ3v) is 4.87. The van der Waals surface area contributed by atoms with Gasteiger partial charge < -0.3 is 9.64 Å². The van der Waals surface area contributed by atoms with Crippen LogP contribution in [0.3, 0.4) is 0 Å². The Morgan fingerprint density at radius 3 is 2.54 bits per heavy atom. The molecule has 0 aliphatic carbocycles. The highest BCUT2D eigenvalue weighted by Gasteiger charge is 2.36. The van der Waals surface area contributed by atoms with Crippen LogP contribution in [0, 0.1) is 0 Å². The molecule has 0 radical (unpaired) electrons. The number of likely N-dealkylation sites (N-methyl/N-ethyl adjacent to an activating group) is 1. The second-order valence-electron chi connectivity index (χ2n) is 6.03. The molecule has 1 aliphatic rings. The number of amides is 1. The number of hydrogen-bond acceptors (Lipinski definition) is 2. The Morgan fingerprint density at radius 2 is 1.88 bits per heavy atom. The first-order valence-corrected chi connectivity index (χ1v) is 9.26. The smallest absolute Gasteiger partial charge is 0.234 e. The van der Waals surface area contributed by atoms with Gasteiger partial charge in [-0.3, -0.25) is 4.79 Å². The van der Waals surface area contributed by atoms with Gasteiger partial charge >= 0.3 is 0 Å². The summed E-state index contributed by atoms with van der Waals surface area (Å²) >= 11 is 3.53. The zero-order chi connectivity index (χ0) is 17.1. The summed E-state index contributed by atoms with van der Waals surface area (Å²) in [6.07, 6.45) is 1.71. The molecule has 0 unspecified atom stereocenters. The van der Waals surface area contributed by atoms with E-state index in [9.17, 15) is 4.79 Å². The van der Waals surface area contributed by atoms with Gasteiger partial charge in [0.15, 0.2) is 0 Å². The average molecular weight is 388 g/mol. The van der Waals surface area contributed by atoms with E-state index in [-0.39, 0.29) is 11.8 Å². The van der Waals surface area contributed by atoms with E-state index in [4.69, 9.17) is 4.74 Å². The number of carbonyl (C=O) groups is 1. The van der Waals surface area contributed by atoms with Crippen LogP contribution < -0.4 is 9.64 Å². The number of halogens is 1. The largest absolute Gasteiger partial charge is 0.494 e. The molecule has 24 heavy (non-hydrogen) atoms. The van der Waals surface area contributed by atoms with Gasteiger partial charge in [-0.05, 0) is 61.2 Å². The van der Waals surface area contributed by atoms with E-state index >= 15 is 0 Å². The number of hydrogen-bond donors (Lipinski definition) is 0. The van der Waals surface area contributed by atoms with E-state index in [1.54, 1.807) is 0 Å². The summed E-state index contributed by atoms with van der Waals surface area (Å²) in [7, 11) is 0. The molecule has 0 saturated carbocycles. The molecule has 0 fully saturated rings. The molecule has 0 saturated heterocycles. The molecule has 0 N–H and O–H groups in total. The van der Waals surface area contributed by atoms with Gasteiger partial charge in [0.1, 0.15) is 5.75 Å². The number of ether oxygens (including phenoxy) is 1. The molecule has 1 aliphatic heterocycles. The molecule has 1 amide bonds. The summed E-state index contributed by atoms with van der Waals surface area (Å²) in [4.78, 5) is 14.7. The first kappa shape index (κ1) is 17.0. The maximum absolute atomic E-state index is 12.8. The lowest BCUT2D eigenvalue weighted by molar-refractivity contribution is -0.119. The highest BCUT2D eigenvalue weighted by Crippen LogP contribution is 2.40. The number of nitrogens with zero attached hydrogens (tertiary/aromatic N) is 1. The quantitative estimate of drug-likeness (QED) is 0.702. The van der Waals surface area contributed by atoms with Crippen molar-refractivity contribution in [1.82, 2.24) is 0 Å². The van der Waals surface area contributed by atoms with E-state index in [0.29, 0.717) is 13.0 Å². The predicted molar refractivity (Wildman–Crippen MR) is 101 cm³/mol. The summed E-state index contributed by atoms with van der Waals surface area (Å²) in [6, 6.07) is 14.2. The molecule has 1 heterocycles. The Balaban J connectivity index is 1.82. The van der Waals surface area contributed by atoms with Gasteiger partial charge in [0.25, 0.3) is 0 Å². The van der Waals surface area contributed by atoms with Gasteiger partial charge in [0, 0.05) is 16.7 Å². The molecule has 1 atom stereocenters. The number of benzene rings is 2. The van der Waals surface area contributed by atoms with Crippen LogP contribution in [0.15, 0.2) is 46.9 Å². The highest BCUT2D eigenvalue weighted by atomic mass is 79.9. The van der Waals surface area contributed by atoms with Crippen molar-refractivity contribution in [2.45, 2.75) is 32.6 Å². The van der Waals surface area contributed by atoms with E-state index < -0.39 is 0 Å². The molecule has 4 heteroatoms. The topological polar surface area (TPSA) is 29.5 Å². The number of fused-ring (bicyclic) bond motifs is 1. The van der Waals surface area contributed by atoms with Crippen molar-refractivity contribution < 1.29 is 9.53 Å². The normalized spacial score (nSPS) is 16.4. The van der Waals surface area contributed by atoms with Crippen LogP contribution in [0.4, 0.5) is 5.69 Å². The molecule has 0 aromatic heterocycles.